The van der Waals surface area contributed by atoms with E-state index in [4.69, 9.17) is 17.0 Å². The fourth-order valence-electron chi connectivity index (χ4n) is 3.51. The van der Waals surface area contributed by atoms with E-state index >= 15 is 0 Å². The smallest absolute Gasteiger partial charge is 0.240 e. The Hall–Kier alpha value is -0.570. The second-order valence-electron chi connectivity index (χ2n) is 5.63. The molecule has 6 nitrogen and oxygen atoms in total. The quantitative estimate of drug-likeness (QED) is 0.688. The second kappa shape index (κ2) is 5.01. The molecule has 0 aromatic carbocycles. The van der Waals surface area contributed by atoms with Gasteiger partial charge in [0.15, 0.2) is 11.4 Å². The molecule has 20 heavy (non-hydrogen) atoms. The Morgan fingerprint density at radius 3 is 3.15 bits per heavy atom. The standard InChI is InChI=1S/C12H18N4O2S2/c17-10-9-8(3-5-20-9)16-11(13-14-12(16)19)15(10)6-7-2-1-4-18-7/h7-9,11,13H,1-6H2,(H,14,19). The van der Waals surface area contributed by atoms with Gasteiger partial charge in [-0.05, 0) is 37.2 Å². The Bertz CT molecular complexity index is 443. The van der Waals surface area contributed by atoms with Crippen molar-refractivity contribution < 1.29 is 9.53 Å². The third kappa shape index (κ3) is 1.93. The van der Waals surface area contributed by atoms with Crippen LogP contribution in [0.4, 0.5) is 0 Å². The van der Waals surface area contributed by atoms with Crippen LogP contribution < -0.4 is 10.9 Å². The van der Waals surface area contributed by atoms with Crippen LogP contribution in [0.2, 0.25) is 0 Å². The van der Waals surface area contributed by atoms with Crippen molar-refractivity contribution in [2.45, 2.75) is 42.9 Å². The molecule has 0 radical (unpaired) electrons. The maximum Gasteiger partial charge on any atom is 0.240 e. The number of ether oxygens (including phenoxy) is 1. The zero-order chi connectivity index (χ0) is 13.7. The van der Waals surface area contributed by atoms with Crippen molar-refractivity contribution in [3.63, 3.8) is 0 Å². The summed E-state index contributed by atoms with van der Waals surface area (Å²) in [5.74, 6) is 1.26. The highest BCUT2D eigenvalue weighted by Gasteiger charge is 2.52. The van der Waals surface area contributed by atoms with E-state index in [1.807, 2.05) is 4.90 Å². The number of nitrogens with one attached hydrogen (secondary N) is 2. The van der Waals surface area contributed by atoms with Gasteiger partial charge in [-0.25, -0.2) is 0 Å². The van der Waals surface area contributed by atoms with Gasteiger partial charge in [0, 0.05) is 6.61 Å². The van der Waals surface area contributed by atoms with Crippen LogP contribution in [0.5, 0.6) is 0 Å². The van der Waals surface area contributed by atoms with Crippen molar-refractivity contribution in [3.05, 3.63) is 0 Å². The lowest BCUT2D eigenvalue weighted by molar-refractivity contribution is -0.146. The van der Waals surface area contributed by atoms with Gasteiger partial charge in [-0.1, -0.05) is 0 Å². The van der Waals surface area contributed by atoms with Gasteiger partial charge in [0.1, 0.15) is 5.25 Å². The average Bonchev–Trinajstić information content (AvgIpc) is 3.14. The van der Waals surface area contributed by atoms with Crippen LogP contribution in [0, 0.1) is 0 Å². The molecule has 1 amide bonds. The lowest BCUT2D eigenvalue weighted by Crippen LogP contribution is -2.66. The first-order valence-electron chi connectivity index (χ1n) is 7.13. The number of hydrogen-bond donors (Lipinski definition) is 2. The Morgan fingerprint density at radius 2 is 2.35 bits per heavy atom. The van der Waals surface area contributed by atoms with Crippen molar-refractivity contribution in [2.24, 2.45) is 0 Å². The highest BCUT2D eigenvalue weighted by Crippen LogP contribution is 2.38. The van der Waals surface area contributed by atoms with Gasteiger partial charge in [0.05, 0.1) is 18.7 Å². The van der Waals surface area contributed by atoms with E-state index in [0.717, 1.165) is 31.6 Å². The Labute approximate surface area is 127 Å². The largest absolute Gasteiger partial charge is 0.376 e. The maximum absolute atomic E-state index is 12.8. The molecule has 4 aliphatic heterocycles. The number of thioether (sulfide) groups is 1. The summed E-state index contributed by atoms with van der Waals surface area (Å²) in [7, 11) is 0. The number of nitrogens with zero attached hydrogens (tertiary/aromatic N) is 2. The summed E-state index contributed by atoms with van der Waals surface area (Å²) < 4.78 is 5.69. The number of fused-ring (bicyclic) bond motifs is 3. The summed E-state index contributed by atoms with van der Waals surface area (Å²) in [6.45, 7) is 1.47. The zero-order valence-corrected chi connectivity index (χ0v) is 12.7. The molecule has 0 bridgehead atoms. The number of carbonyl (C=O) groups is 1. The minimum atomic E-state index is -0.154. The first kappa shape index (κ1) is 13.1. The summed E-state index contributed by atoms with van der Waals surface area (Å²) in [5.41, 5.74) is 6.16. The molecular formula is C12H18N4O2S2. The lowest BCUT2D eigenvalue weighted by Gasteiger charge is -2.45. The number of hydrazine groups is 1. The fourth-order valence-corrected chi connectivity index (χ4v) is 5.21. The van der Waals surface area contributed by atoms with Crippen LogP contribution in [-0.4, -0.2) is 63.4 Å². The highest BCUT2D eigenvalue weighted by molar-refractivity contribution is 8.00. The van der Waals surface area contributed by atoms with E-state index < -0.39 is 0 Å². The van der Waals surface area contributed by atoms with E-state index in [9.17, 15) is 4.79 Å². The number of amides is 1. The van der Waals surface area contributed by atoms with Gasteiger partial charge in [-0.3, -0.25) is 10.2 Å². The summed E-state index contributed by atoms with van der Waals surface area (Å²) >= 11 is 7.15. The van der Waals surface area contributed by atoms with Gasteiger partial charge in [0.2, 0.25) is 5.91 Å². The van der Waals surface area contributed by atoms with Gasteiger partial charge in [-0.15, -0.1) is 11.8 Å². The van der Waals surface area contributed by atoms with E-state index in [1.165, 1.54) is 0 Å². The molecule has 4 aliphatic rings. The molecule has 0 spiro atoms. The monoisotopic (exact) mass is 314 g/mol. The average molecular weight is 314 g/mol. The summed E-state index contributed by atoms with van der Waals surface area (Å²) in [6.07, 6.45) is 3.16. The molecular weight excluding hydrogens is 296 g/mol. The van der Waals surface area contributed by atoms with Gasteiger partial charge in [-0.2, -0.15) is 5.43 Å². The van der Waals surface area contributed by atoms with Crippen LogP contribution >= 0.6 is 24.0 Å². The van der Waals surface area contributed by atoms with Crippen LogP contribution in [0.25, 0.3) is 0 Å². The van der Waals surface area contributed by atoms with Gasteiger partial charge < -0.3 is 14.5 Å². The predicted molar refractivity (Wildman–Crippen MR) is 79.8 cm³/mol. The molecule has 4 rings (SSSR count). The van der Waals surface area contributed by atoms with Gasteiger partial charge in [0.25, 0.3) is 0 Å². The molecule has 4 fully saturated rings. The zero-order valence-electron chi connectivity index (χ0n) is 11.1. The predicted octanol–water partition coefficient (Wildman–Crippen LogP) is -0.140. The first-order valence-corrected chi connectivity index (χ1v) is 8.59. The van der Waals surface area contributed by atoms with Crippen molar-refractivity contribution >= 4 is 35.0 Å². The molecule has 0 aliphatic carbocycles. The van der Waals surface area contributed by atoms with Crippen molar-refractivity contribution in [2.75, 3.05) is 18.9 Å². The molecule has 110 valence electrons. The Balaban J connectivity index is 1.60. The Morgan fingerprint density at radius 1 is 1.45 bits per heavy atom. The lowest BCUT2D eigenvalue weighted by atomic mass is 10.0. The van der Waals surface area contributed by atoms with Crippen LogP contribution in [-0.2, 0) is 9.53 Å². The van der Waals surface area contributed by atoms with Crippen LogP contribution in [0.15, 0.2) is 0 Å². The van der Waals surface area contributed by atoms with E-state index in [-0.39, 0.29) is 29.6 Å². The van der Waals surface area contributed by atoms with E-state index in [1.54, 1.807) is 11.8 Å². The maximum atomic E-state index is 12.8. The minimum absolute atomic E-state index is 0.0207. The highest BCUT2D eigenvalue weighted by atomic mass is 32.2. The first-order chi connectivity index (χ1) is 9.75. The second-order valence-corrected chi connectivity index (χ2v) is 7.26. The minimum Gasteiger partial charge on any atom is -0.376 e. The fraction of sp³-hybridized carbons (Fsp3) is 0.833. The van der Waals surface area contributed by atoms with Crippen molar-refractivity contribution in [1.29, 1.82) is 0 Å². The topological polar surface area (TPSA) is 56.8 Å². The van der Waals surface area contributed by atoms with Crippen LogP contribution in [0.3, 0.4) is 0 Å². The third-order valence-electron chi connectivity index (χ3n) is 4.47. The molecule has 4 atom stereocenters. The molecule has 0 aromatic rings. The number of hydrogen-bond acceptors (Lipinski definition) is 5. The van der Waals surface area contributed by atoms with Crippen LogP contribution in [0.1, 0.15) is 19.3 Å². The summed E-state index contributed by atoms with van der Waals surface area (Å²) in [4.78, 5) is 16.8. The van der Waals surface area contributed by atoms with E-state index in [0.29, 0.717) is 11.7 Å². The Kier molecular flexibility index (Phi) is 3.29. The molecule has 4 unspecified atom stereocenters. The summed E-state index contributed by atoms with van der Waals surface area (Å²) in [6, 6.07) is 0.230. The van der Waals surface area contributed by atoms with Gasteiger partial charge >= 0.3 is 0 Å². The third-order valence-corrected chi connectivity index (χ3v) is 6.13. The number of thiocarbonyl (C=S) groups is 1. The molecule has 0 aromatic heterocycles. The molecule has 4 saturated heterocycles. The van der Waals surface area contributed by atoms with Crippen molar-refractivity contribution in [1.82, 2.24) is 20.7 Å². The van der Waals surface area contributed by atoms with E-state index in [2.05, 4.69) is 15.8 Å². The summed E-state index contributed by atoms with van der Waals surface area (Å²) in [5, 5.41) is 0.727. The molecule has 2 N–H and O–H groups in total. The number of rotatable bonds is 2. The molecule has 4 heterocycles. The SMILES string of the molecule is O=C1C2SCCC2N2C(=S)NNC2N1CC1CCCO1. The molecule has 0 saturated carbocycles. The molecule has 8 heteroatoms. The normalized spacial score (nSPS) is 40.0. The van der Waals surface area contributed by atoms with Crippen molar-refractivity contribution in [3.8, 4) is 0 Å². The number of carbonyl (C=O) groups excluding carboxylic acids is 1.